The zero-order valence-electron chi connectivity index (χ0n) is 12.4. The molecule has 0 saturated carbocycles. The van der Waals surface area contributed by atoms with Crippen molar-refractivity contribution in [3.05, 3.63) is 34.9 Å². The highest BCUT2D eigenvalue weighted by Crippen LogP contribution is 2.34. The zero-order chi connectivity index (χ0) is 16.1. The predicted molar refractivity (Wildman–Crippen MR) is 82.9 cm³/mol. The maximum atomic E-state index is 12.6. The van der Waals surface area contributed by atoms with Gasteiger partial charge < -0.3 is 5.73 Å². The molecule has 0 bridgehead atoms. The number of rotatable bonds is 2. The van der Waals surface area contributed by atoms with Crippen LogP contribution in [0.4, 0.5) is 0 Å². The SMILES string of the molecule is CC1(N2C(=O)c3ccc(CN)cc3C2=O)CCC(=O)NC1=O.Cl. The predicted octanol–water partition coefficient (Wildman–Crippen LogP) is 0.358. The summed E-state index contributed by atoms with van der Waals surface area (Å²) in [5, 5.41) is 2.19. The van der Waals surface area contributed by atoms with Crippen molar-refractivity contribution < 1.29 is 19.2 Å². The molecule has 1 saturated heterocycles. The number of halogens is 1. The number of carbonyl (C=O) groups is 4. The zero-order valence-corrected chi connectivity index (χ0v) is 13.2. The highest BCUT2D eigenvalue weighted by Gasteiger charge is 2.52. The van der Waals surface area contributed by atoms with Gasteiger partial charge in [0.2, 0.25) is 5.91 Å². The van der Waals surface area contributed by atoms with E-state index in [2.05, 4.69) is 5.32 Å². The number of hydrogen-bond donors (Lipinski definition) is 2. The minimum Gasteiger partial charge on any atom is -0.326 e. The number of benzene rings is 1. The number of hydrogen-bond acceptors (Lipinski definition) is 5. The Bertz CT molecular complexity index is 733. The van der Waals surface area contributed by atoms with Crippen molar-refractivity contribution in [3.8, 4) is 0 Å². The molecule has 23 heavy (non-hydrogen) atoms. The van der Waals surface area contributed by atoms with Crippen LogP contribution in [-0.2, 0) is 16.1 Å². The van der Waals surface area contributed by atoms with Gasteiger partial charge in [0.05, 0.1) is 11.1 Å². The minimum absolute atomic E-state index is 0. The number of amides is 4. The van der Waals surface area contributed by atoms with Gasteiger partial charge in [-0.1, -0.05) is 6.07 Å². The van der Waals surface area contributed by atoms with Crippen LogP contribution < -0.4 is 11.1 Å². The lowest BCUT2D eigenvalue weighted by Gasteiger charge is -2.38. The van der Waals surface area contributed by atoms with Crippen molar-refractivity contribution in [2.45, 2.75) is 31.8 Å². The van der Waals surface area contributed by atoms with Crippen molar-refractivity contribution in [2.24, 2.45) is 5.73 Å². The number of nitrogens with two attached hydrogens (primary N) is 1. The summed E-state index contributed by atoms with van der Waals surface area (Å²) in [7, 11) is 0. The molecule has 1 aromatic rings. The normalized spacial score (nSPS) is 23.5. The van der Waals surface area contributed by atoms with Gasteiger partial charge >= 0.3 is 0 Å². The van der Waals surface area contributed by atoms with E-state index in [9.17, 15) is 19.2 Å². The first-order valence-corrected chi connectivity index (χ1v) is 6.94. The summed E-state index contributed by atoms with van der Waals surface area (Å²) in [5.74, 6) is -2.07. The molecule has 0 aliphatic carbocycles. The smallest absolute Gasteiger partial charge is 0.262 e. The molecule has 1 unspecified atom stereocenters. The Kier molecular flexibility index (Phi) is 4.28. The Morgan fingerprint density at radius 2 is 1.83 bits per heavy atom. The topological polar surface area (TPSA) is 110 Å². The summed E-state index contributed by atoms with van der Waals surface area (Å²) in [6.45, 7) is 1.75. The van der Waals surface area contributed by atoms with Crippen molar-refractivity contribution in [2.75, 3.05) is 0 Å². The molecule has 3 N–H and O–H groups in total. The Balaban J connectivity index is 0.00000192. The van der Waals surface area contributed by atoms with Gasteiger partial charge in [0.25, 0.3) is 17.7 Å². The van der Waals surface area contributed by atoms with Crippen LogP contribution in [0, 0.1) is 0 Å². The van der Waals surface area contributed by atoms with Gasteiger partial charge in [0, 0.05) is 13.0 Å². The van der Waals surface area contributed by atoms with E-state index in [0.717, 1.165) is 10.5 Å². The molecule has 8 heteroatoms. The van der Waals surface area contributed by atoms with Crippen LogP contribution in [0.15, 0.2) is 18.2 Å². The lowest BCUT2D eigenvalue weighted by Crippen LogP contribution is -2.62. The number of piperidine rings is 1. The molecular formula is C15H16ClN3O4. The van der Waals surface area contributed by atoms with E-state index in [1.165, 1.54) is 6.92 Å². The Morgan fingerprint density at radius 3 is 2.43 bits per heavy atom. The molecule has 1 fully saturated rings. The van der Waals surface area contributed by atoms with Crippen molar-refractivity contribution in [1.82, 2.24) is 10.2 Å². The molecule has 122 valence electrons. The van der Waals surface area contributed by atoms with Crippen LogP contribution in [0.3, 0.4) is 0 Å². The Morgan fingerprint density at radius 1 is 1.17 bits per heavy atom. The van der Waals surface area contributed by atoms with Crippen molar-refractivity contribution >= 4 is 36.0 Å². The summed E-state index contributed by atoms with van der Waals surface area (Å²) in [6.07, 6.45) is 0.205. The number of fused-ring (bicyclic) bond motifs is 1. The summed E-state index contributed by atoms with van der Waals surface area (Å²) in [5.41, 5.74) is 5.43. The van der Waals surface area contributed by atoms with Gasteiger partial charge in [0.1, 0.15) is 5.54 Å². The number of nitrogens with one attached hydrogen (secondary N) is 1. The molecule has 4 amide bonds. The molecule has 2 heterocycles. The summed E-state index contributed by atoms with van der Waals surface area (Å²) in [6, 6.07) is 4.80. The van der Waals surface area contributed by atoms with E-state index in [1.54, 1.807) is 18.2 Å². The van der Waals surface area contributed by atoms with E-state index >= 15 is 0 Å². The van der Waals surface area contributed by atoms with E-state index in [0.29, 0.717) is 0 Å². The largest absolute Gasteiger partial charge is 0.326 e. The van der Waals surface area contributed by atoms with Gasteiger partial charge in [-0.25, -0.2) is 0 Å². The third-order valence-corrected chi connectivity index (χ3v) is 4.26. The molecule has 7 nitrogen and oxygen atoms in total. The third-order valence-electron chi connectivity index (χ3n) is 4.26. The lowest BCUT2D eigenvalue weighted by molar-refractivity contribution is -0.140. The van der Waals surface area contributed by atoms with Crippen molar-refractivity contribution in [3.63, 3.8) is 0 Å². The van der Waals surface area contributed by atoms with Crippen LogP contribution in [0.5, 0.6) is 0 Å². The number of imide groups is 2. The van der Waals surface area contributed by atoms with Crippen LogP contribution in [-0.4, -0.2) is 34.1 Å². The van der Waals surface area contributed by atoms with Gasteiger partial charge in [-0.15, -0.1) is 12.4 Å². The number of nitrogens with zero attached hydrogens (tertiary/aromatic N) is 1. The summed E-state index contributed by atoms with van der Waals surface area (Å²) in [4.78, 5) is 49.6. The average Bonchev–Trinajstić information content (AvgIpc) is 2.75. The molecular weight excluding hydrogens is 322 g/mol. The molecule has 1 aromatic carbocycles. The second-order valence-corrected chi connectivity index (χ2v) is 5.68. The van der Waals surface area contributed by atoms with Gasteiger partial charge in [-0.3, -0.25) is 29.4 Å². The van der Waals surface area contributed by atoms with Gasteiger partial charge in [0.15, 0.2) is 0 Å². The molecule has 3 rings (SSSR count). The highest BCUT2D eigenvalue weighted by atomic mass is 35.5. The molecule has 2 aliphatic heterocycles. The molecule has 1 atom stereocenters. The highest BCUT2D eigenvalue weighted by molar-refractivity contribution is 6.24. The Hall–Kier alpha value is -2.25. The van der Waals surface area contributed by atoms with E-state index in [1.807, 2.05) is 0 Å². The van der Waals surface area contributed by atoms with E-state index in [-0.39, 0.29) is 42.9 Å². The quantitative estimate of drug-likeness (QED) is 0.757. The van der Waals surface area contributed by atoms with E-state index < -0.39 is 29.2 Å². The molecule has 0 spiro atoms. The van der Waals surface area contributed by atoms with Gasteiger partial charge in [-0.2, -0.15) is 0 Å². The minimum atomic E-state index is -1.36. The first-order valence-electron chi connectivity index (χ1n) is 6.94. The number of carbonyl (C=O) groups excluding carboxylic acids is 4. The fraction of sp³-hybridized carbons (Fsp3) is 0.333. The first-order chi connectivity index (χ1) is 10.4. The van der Waals surface area contributed by atoms with Gasteiger partial charge in [-0.05, 0) is 31.0 Å². The fourth-order valence-corrected chi connectivity index (χ4v) is 2.87. The van der Waals surface area contributed by atoms with Crippen LogP contribution >= 0.6 is 12.4 Å². The Labute approximate surface area is 138 Å². The first kappa shape index (κ1) is 17.1. The lowest BCUT2D eigenvalue weighted by atomic mass is 9.89. The monoisotopic (exact) mass is 337 g/mol. The molecule has 0 aromatic heterocycles. The van der Waals surface area contributed by atoms with Crippen LogP contribution in [0.1, 0.15) is 46.0 Å². The fourth-order valence-electron chi connectivity index (χ4n) is 2.87. The maximum absolute atomic E-state index is 12.6. The standard InChI is InChI=1S/C15H15N3O4.ClH/c1-15(5-4-11(19)17-14(15)22)18-12(20)9-3-2-8(7-16)6-10(9)13(18)21;/h2-3,6H,4-5,7,16H2,1H3,(H,17,19,22);1H. The average molecular weight is 338 g/mol. The second kappa shape index (κ2) is 5.75. The summed E-state index contributed by atoms with van der Waals surface area (Å²) < 4.78 is 0. The molecule has 0 radical (unpaired) electrons. The second-order valence-electron chi connectivity index (χ2n) is 5.68. The molecule has 2 aliphatic rings. The van der Waals surface area contributed by atoms with Crippen LogP contribution in [0.2, 0.25) is 0 Å². The van der Waals surface area contributed by atoms with E-state index in [4.69, 9.17) is 5.73 Å². The maximum Gasteiger partial charge on any atom is 0.262 e. The van der Waals surface area contributed by atoms with Crippen molar-refractivity contribution in [1.29, 1.82) is 0 Å². The third kappa shape index (κ3) is 2.42. The van der Waals surface area contributed by atoms with Crippen LogP contribution in [0.25, 0.3) is 0 Å². The summed E-state index contributed by atoms with van der Waals surface area (Å²) >= 11 is 0.